The highest BCUT2D eigenvalue weighted by Gasteiger charge is 2.45. The van der Waals surface area contributed by atoms with Crippen LogP contribution in [0.4, 0.5) is 20.5 Å². The van der Waals surface area contributed by atoms with Gasteiger partial charge < -0.3 is 20.1 Å². The number of fused-ring (bicyclic) bond motifs is 5. The van der Waals surface area contributed by atoms with Crippen molar-refractivity contribution < 1.29 is 18.3 Å². The zero-order valence-electron chi connectivity index (χ0n) is 20.2. The Balaban J connectivity index is 1.29. The minimum Gasteiger partial charge on any atom is -0.395 e. The maximum absolute atomic E-state index is 13.6. The monoisotopic (exact) mass is 526 g/mol. The van der Waals surface area contributed by atoms with Gasteiger partial charge in [0, 0.05) is 37.2 Å². The van der Waals surface area contributed by atoms with E-state index in [1.165, 1.54) is 22.3 Å². The highest BCUT2D eigenvalue weighted by atomic mass is 32.1. The van der Waals surface area contributed by atoms with Crippen molar-refractivity contribution in [3.8, 4) is 23.3 Å². The molecule has 0 aliphatic carbocycles. The van der Waals surface area contributed by atoms with Crippen molar-refractivity contribution in [1.82, 2.24) is 28.3 Å². The molecule has 37 heavy (non-hydrogen) atoms. The average molecular weight is 527 g/mol. The molecule has 0 amide bonds. The Morgan fingerprint density at radius 3 is 2.92 bits per heavy atom. The molecule has 2 N–H and O–H groups in total. The fraction of sp³-hybridized carbons (Fsp3) is 0.375. The molecule has 1 atom stereocenters. The van der Waals surface area contributed by atoms with Gasteiger partial charge in [-0.3, -0.25) is 0 Å². The van der Waals surface area contributed by atoms with E-state index in [-0.39, 0.29) is 28.9 Å². The Kier molecular flexibility index (Phi) is 6.51. The molecule has 0 saturated heterocycles. The lowest BCUT2D eigenvalue weighted by Gasteiger charge is -2.23. The third kappa shape index (κ3) is 4.84. The SMILES string of the molecule is C=Cc1nsnc1N(CCC)C[C@@H](C)C#CCCc1nc2c3ccc4c(c3nc(N)n2n1)OC(F)(F)O4. The van der Waals surface area contributed by atoms with Crippen LogP contribution in [-0.4, -0.2) is 47.7 Å². The second-order valence-corrected chi connectivity index (χ2v) is 9.06. The van der Waals surface area contributed by atoms with Crippen LogP contribution in [0.5, 0.6) is 11.5 Å². The van der Waals surface area contributed by atoms with Gasteiger partial charge in [0.1, 0.15) is 11.2 Å². The van der Waals surface area contributed by atoms with Crippen molar-refractivity contribution >= 4 is 46.1 Å². The molecule has 5 rings (SSSR count). The van der Waals surface area contributed by atoms with Gasteiger partial charge in [-0.15, -0.1) is 19.8 Å². The molecule has 4 heterocycles. The molecule has 192 valence electrons. The molecular formula is C24H24F2N8O2S. The summed E-state index contributed by atoms with van der Waals surface area (Å²) >= 11 is 1.18. The third-order valence-electron chi connectivity index (χ3n) is 5.68. The Hall–Kier alpha value is -4.05. The molecule has 1 aliphatic rings. The summed E-state index contributed by atoms with van der Waals surface area (Å²) in [6.07, 6.45) is -0.0405. The number of ether oxygens (including phenoxy) is 2. The van der Waals surface area contributed by atoms with Crippen LogP contribution in [0.15, 0.2) is 18.7 Å². The molecule has 10 nitrogen and oxygen atoms in total. The van der Waals surface area contributed by atoms with Crippen molar-refractivity contribution in [2.75, 3.05) is 23.7 Å². The number of hydrogen-bond acceptors (Lipinski definition) is 10. The first-order chi connectivity index (χ1) is 17.8. The topological polar surface area (TPSA) is 117 Å². The maximum Gasteiger partial charge on any atom is 0.586 e. The van der Waals surface area contributed by atoms with Gasteiger partial charge in [-0.25, -0.2) is 9.97 Å². The van der Waals surface area contributed by atoms with Gasteiger partial charge >= 0.3 is 6.29 Å². The lowest BCUT2D eigenvalue weighted by molar-refractivity contribution is -0.286. The minimum atomic E-state index is -3.76. The Morgan fingerprint density at radius 2 is 2.14 bits per heavy atom. The van der Waals surface area contributed by atoms with Crippen LogP contribution in [-0.2, 0) is 6.42 Å². The second-order valence-electron chi connectivity index (χ2n) is 8.54. The quantitative estimate of drug-likeness (QED) is 0.338. The second kappa shape index (κ2) is 9.78. The van der Waals surface area contributed by atoms with Gasteiger partial charge in [0.2, 0.25) is 5.95 Å². The smallest absolute Gasteiger partial charge is 0.395 e. The molecule has 13 heteroatoms. The summed E-state index contributed by atoms with van der Waals surface area (Å²) in [4.78, 5) is 10.9. The molecule has 0 radical (unpaired) electrons. The number of anilines is 2. The summed E-state index contributed by atoms with van der Waals surface area (Å²) in [5, 5.41) is 4.90. The number of nitrogens with zero attached hydrogens (tertiary/aromatic N) is 7. The molecule has 1 aliphatic heterocycles. The van der Waals surface area contributed by atoms with E-state index in [4.69, 9.17) is 5.73 Å². The number of rotatable bonds is 8. The van der Waals surface area contributed by atoms with Crippen LogP contribution in [0.25, 0.3) is 22.6 Å². The zero-order valence-corrected chi connectivity index (χ0v) is 21.1. The number of alkyl halides is 2. The van der Waals surface area contributed by atoms with Crippen LogP contribution in [0.1, 0.15) is 38.2 Å². The lowest BCUT2D eigenvalue weighted by Crippen LogP contribution is -2.29. The molecule has 4 aromatic rings. The van der Waals surface area contributed by atoms with Gasteiger partial charge in [0.05, 0.1) is 11.7 Å². The zero-order chi connectivity index (χ0) is 26.2. The number of nitrogen functional groups attached to an aromatic ring is 1. The van der Waals surface area contributed by atoms with Gasteiger partial charge in [0.15, 0.2) is 28.8 Å². The first-order valence-electron chi connectivity index (χ1n) is 11.7. The number of aryl methyl sites for hydroxylation is 1. The van der Waals surface area contributed by atoms with Crippen molar-refractivity contribution in [3.63, 3.8) is 0 Å². The number of benzene rings is 1. The van der Waals surface area contributed by atoms with E-state index in [0.717, 1.165) is 31.0 Å². The molecule has 0 bridgehead atoms. The number of nitrogens with two attached hydrogens (primary N) is 1. The van der Waals surface area contributed by atoms with Crippen LogP contribution < -0.4 is 20.1 Å². The van der Waals surface area contributed by atoms with Crippen molar-refractivity contribution in [3.05, 3.63) is 30.2 Å². The molecule has 0 saturated carbocycles. The first kappa shape index (κ1) is 24.6. The fourth-order valence-corrected chi connectivity index (χ4v) is 4.71. The first-order valence-corrected chi connectivity index (χ1v) is 12.4. The highest BCUT2D eigenvalue weighted by Crippen LogP contribution is 2.45. The maximum atomic E-state index is 13.6. The minimum absolute atomic E-state index is 0.000360. The van der Waals surface area contributed by atoms with Crippen LogP contribution in [0.3, 0.4) is 0 Å². The van der Waals surface area contributed by atoms with E-state index in [1.807, 2.05) is 0 Å². The van der Waals surface area contributed by atoms with Gasteiger partial charge in [0.25, 0.3) is 0 Å². The molecule has 0 spiro atoms. The fourth-order valence-electron chi connectivity index (χ4n) is 4.14. The van der Waals surface area contributed by atoms with Crippen molar-refractivity contribution in [1.29, 1.82) is 0 Å². The molecule has 0 unspecified atom stereocenters. The number of hydrogen-bond donors (Lipinski definition) is 1. The van der Waals surface area contributed by atoms with Crippen LogP contribution in [0.2, 0.25) is 0 Å². The van der Waals surface area contributed by atoms with Crippen LogP contribution >= 0.6 is 11.7 Å². The summed E-state index contributed by atoms with van der Waals surface area (Å²) in [6.45, 7) is 9.58. The summed E-state index contributed by atoms with van der Waals surface area (Å²) < 4.78 is 46.4. The highest BCUT2D eigenvalue weighted by molar-refractivity contribution is 6.99. The van der Waals surface area contributed by atoms with Crippen molar-refractivity contribution in [2.45, 2.75) is 39.4 Å². The largest absolute Gasteiger partial charge is 0.586 e. The standard InChI is InChI=1S/C24H24F2N8O2S/c1-4-12-33(22-16(5-2)31-37-32-22)13-14(3)8-6-7-9-18-28-21-15-10-11-17-20(36-24(25,26)35-17)19(15)29-23(27)34(21)30-18/h5,10-11,14H,2,4,7,9,12-13H2,1,3H3,(H2,27,29)/t14-/m0/s1. The Labute approximate surface area is 215 Å². The summed E-state index contributed by atoms with van der Waals surface area (Å²) in [7, 11) is 0. The van der Waals surface area contributed by atoms with E-state index in [2.05, 4.69) is 70.5 Å². The summed E-state index contributed by atoms with van der Waals surface area (Å²) in [6, 6.07) is 2.97. The van der Waals surface area contributed by atoms with E-state index < -0.39 is 6.29 Å². The molecular weight excluding hydrogens is 502 g/mol. The predicted octanol–water partition coefficient (Wildman–Crippen LogP) is 4.16. The predicted molar refractivity (Wildman–Crippen MR) is 137 cm³/mol. The third-order valence-corrected chi connectivity index (χ3v) is 6.21. The molecule has 0 fully saturated rings. The van der Waals surface area contributed by atoms with E-state index >= 15 is 0 Å². The van der Waals surface area contributed by atoms with Gasteiger partial charge in [-0.1, -0.05) is 19.4 Å². The van der Waals surface area contributed by atoms with Gasteiger partial charge in [-0.2, -0.15) is 13.3 Å². The average Bonchev–Trinajstić information content (AvgIpc) is 3.57. The van der Waals surface area contributed by atoms with E-state index in [1.54, 1.807) is 12.1 Å². The lowest BCUT2D eigenvalue weighted by atomic mass is 10.1. The normalized spacial score (nSPS) is 14.5. The Morgan fingerprint density at radius 1 is 1.30 bits per heavy atom. The van der Waals surface area contributed by atoms with E-state index in [0.29, 0.717) is 29.7 Å². The Bertz CT molecular complexity index is 1540. The molecule has 3 aromatic heterocycles. The number of aromatic nitrogens is 6. The van der Waals surface area contributed by atoms with Crippen molar-refractivity contribution in [2.24, 2.45) is 5.92 Å². The van der Waals surface area contributed by atoms with Crippen LogP contribution in [0, 0.1) is 17.8 Å². The summed E-state index contributed by atoms with van der Waals surface area (Å²) in [5.74, 6) is 7.67. The molecule has 1 aromatic carbocycles. The summed E-state index contributed by atoms with van der Waals surface area (Å²) in [5.41, 5.74) is 7.36. The van der Waals surface area contributed by atoms with Gasteiger partial charge in [-0.05, 0) is 31.6 Å². The number of halogens is 2. The van der Waals surface area contributed by atoms with E-state index in [9.17, 15) is 8.78 Å².